The van der Waals surface area contributed by atoms with Crippen LogP contribution in [0.25, 0.3) is 0 Å². The Hall–Kier alpha value is -2.12. The van der Waals surface area contributed by atoms with Crippen molar-refractivity contribution < 1.29 is 4.79 Å². The molecule has 1 heterocycles. The van der Waals surface area contributed by atoms with E-state index in [4.69, 9.17) is 5.84 Å². The fourth-order valence-corrected chi connectivity index (χ4v) is 2.34. The van der Waals surface area contributed by atoms with E-state index in [0.29, 0.717) is 11.0 Å². The molecule has 0 spiro atoms. The fraction of sp³-hybridized carbons (Fsp3) is 0.214. The van der Waals surface area contributed by atoms with Crippen LogP contribution in [-0.2, 0) is 4.79 Å². The van der Waals surface area contributed by atoms with Crippen LogP contribution in [0.2, 0.25) is 0 Å². The molecule has 0 aliphatic rings. The van der Waals surface area contributed by atoms with E-state index in [0.717, 1.165) is 11.4 Å². The van der Waals surface area contributed by atoms with Crippen molar-refractivity contribution in [3.63, 3.8) is 0 Å². The Balaban J connectivity index is 2.10. The Morgan fingerprint density at radius 3 is 2.62 bits per heavy atom. The van der Waals surface area contributed by atoms with Gasteiger partial charge in [0, 0.05) is 17.4 Å². The molecule has 0 radical (unpaired) electrons. The highest BCUT2D eigenvalue weighted by atomic mass is 32.2. The van der Waals surface area contributed by atoms with Gasteiger partial charge in [-0.25, -0.2) is 15.8 Å². The number of nitrogens with one attached hydrogen (secondary N) is 2. The summed E-state index contributed by atoms with van der Waals surface area (Å²) in [5, 5.41) is 3.76. The zero-order chi connectivity index (χ0) is 15.2. The maximum Gasteiger partial charge on any atom is 0.244 e. The van der Waals surface area contributed by atoms with Gasteiger partial charge in [0.1, 0.15) is 5.82 Å². The van der Waals surface area contributed by atoms with E-state index in [1.807, 2.05) is 44.2 Å². The van der Waals surface area contributed by atoms with Crippen LogP contribution in [0.5, 0.6) is 0 Å². The van der Waals surface area contributed by atoms with E-state index in [2.05, 4.69) is 20.7 Å². The molecule has 0 saturated carbocycles. The molecule has 0 unspecified atom stereocenters. The second-order valence-corrected chi connectivity index (χ2v) is 5.47. The third kappa shape index (κ3) is 4.73. The summed E-state index contributed by atoms with van der Waals surface area (Å²) < 4.78 is 0. The van der Waals surface area contributed by atoms with Crippen molar-refractivity contribution in [2.45, 2.75) is 19.0 Å². The highest BCUT2D eigenvalue weighted by molar-refractivity contribution is 7.99. The summed E-state index contributed by atoms with van der Waals surface area (Å²) in [4.78, 5) is 19.8. The SMILES string of the molecule is Cc1ccc(Nc2cc(C)nc(SCC(=O)NN)n2)cc1. The van der Waals surface area contributed by atoms with Gasteiger partial charge in [0.15, 0.2) is 5.16 Å². The van der Waals surface area contributed by atoms with Gasteiger partial charge in [0.25, 0.3) is 0 Å². The topological polar surface area (TPSA) is 92.9 Å². The molecule has 2 aromatic rings. The normalized spacial score (nSPS) is 10.2. The zero-order valence-corrected chi connectivity index (χ0v) is 12.7. The number of amides is 1. The monoisotopic (exact) mass is 303 g/mol. The quantitative estimate of drug-likeness (QED) is 0.257. The third-order valence-corrected chi connectivity index (χ3v) is 3.50. The van der Waals surface area contributed by atoms with Crippen LogP contribution in [0.1, 0.15) is 11.3 Å². The third-order valence-electron chi connectivity index (χ3n) is 2.65. The molecule has 4 N–H and O–H groups in total. The molecule has 110 valence electrons. The first-order valence-electron chi connectivity index (χ1n) is 6.38. The lowest BCUT2D eigenvalue weighted by Crippen LogP contribution is -2.31. The molecule has 7 heteroatoms. The molecule has 6 nitrogen and oxygen atoms in total. The van der Waals surface area contributed by atoms with E-state index in [-0.39, 0.29) is 11.7 Å². The maximum absolute atomic E-state index is 11.1. The summed E-state index contributed by atoms with van der Waals surface area (Å²) in [6.45, 7) is 3.92. The van der Waals surface area contributed by atoms with Crippen LogP contribution >= 0.6 is 11.8 Å². The molecule has 21 heavy (non-hydrogen) atoms. The molecule has 0 aliphatic carbocycles. The van der Waals surface area contributed by atoms with Crippen LogP contribution in [-0.4, -0.2) is 21.6 Å². The number of hydrogen-bond acceptors (Lipinski definition) is 6. The number of hydrogen-bond donors (Lipinski definition) is 3. The van der Waals surface area contributed by atoms with Gasteiger partial charge in [0.2, 0.25) is 5.91 Å². The standard InChI is InChI=1S/C14H17N5OS/c1-9-3-5-11(6-4-9)17-12-7-10(2)16-14(18-12)21-8-13(20)19-15/h3-7H,8,15H2,1-2H3,(H,19,20)(H,16,17,18). The van der Waals surface area contributed by atoms with Crippen molar-refractivity contribution in [3.8, 4) is 0 Å². The van der Waals surface area contributed by atoms with Crippen LogP contribution in [0.15, 0.2) is 35.5 Å². The predicted octanol–water partition coefficient (Wildman–Crippen LogP) is 1.92. The predicted molar refractivity (Wildman–Crippen MR) is 84.3 cm³/mol. The smallest absolute Gasteiger partial charge is 0.244 e. The van der Waals surface area contributed by atoms with Crippen LogP contribution in [0.3, 0.4) is 0 Å². The number of carbonyl (C=O) groups excluding carboxylic acids is 1. The summed E-state index contributed by atoms with van der Waals surface area (Å²) >= 11 is 1.24. The summed E-state index contributed by atoms with van der Waals surface area (Å²) in [5.41, 5.74) is 5.06. The minimum Gasteiger partial charge on any atom is -0.340 e. The van der Waals surface area contributed by atoms with Gasteiger partial charge in [-0.15, -0.1) is 0 Å². The van der Waals surface area contributed by atoms with Gasteiger partial charge < -0.3 is 5.32 Å². The number of anilines is 2. The Bertz CT molecular complexity index is 630. The first kappa shape index (κ1) is 15.3. The minimum atomic E-state index is -0.266. The molecule has 2 rings (SSSR count). The van der Waals surface area contributed by atoms with Crippen molar-refractivity contribution in [1.82, 2.24) is 15.4 Å². The number of aromatic nitrogens is 2. The van der Waals surface area contributed by atoms with Gasteiger partial charge >= 0.3 is 0 Å². The molecule has 1 aromatic carbocycles. The van der Waals surface area contributed by atoms with Crippen molar-refractivity contribution in [2.24, 2.45) is 5.84 Å². The largest absolute Gasteiger partial charge is 0.340 e. The number of nitrogens with two attached hydrogens (primary N) is 1. The first-order valence-corrected chi connectivity index (χ1v) is 7.37. The zero-order valence-electron chi connectivity index (χ0n) is 11.9. The first-order chi connectivity index (χ1) is 10.1. The average Bonchev–Trinajstić information content (AvgIpc) is 2.46. The second-order valence-electron chi connectivity index (χ2n) is 4.52. The molecule has 0 aliphatic heterocycles. The summed E-state index contributed by atoms with van der Waals surface area (Å²) in [6, 6.07) is 9.88. The molecule has 1 aromatic heterocycles. The molecular weight excluding hydrogens is 286 g/mol. The molecule has 1 amide bonds. The lowest BCUT2D eigenvalue weighted by Gasteiger charge is -2.08. The molecular formula is C14H17N5OS. The number of thioether (sulfide) groups is 1. The Morgan fingerprint density at radius 2 is 1.95 bits per heavy atom. The van der Waals surface area contributed by atoms with Gasteiger partial charge in [-0.1, -0.05) is 29.5 Å². The van der Waals surface area contributed by atoms with Crippen LogP contribution < -0.4 is 16.6 Å². The Labute approximate surface area is 127 Å². The van der Waals surface area contributed by atoms with Gasteiger partial charge in [-0.05, 0) is 26.0 Å². The maximum atomic E-state index is 11.1. The Morgan fingerprint density at radius 1 is 1.24 bits per heavy atom. The van der Waals surface area contributed by atoms with E-state index < -0.39 is 0 Å². The van der Waals surface area contributed by atoms with E-state index in [1.165, 1.54) is 17.3 Å². The van der Waals surface area contributed by atoms with E-state index in [1.54, 1.807) is 0 Å². The van der Waals surface area contributed by atoms with Crippen molar-refractivity contribution in [3.05, 3.63) is 41.6 Å². The minimum absolute atomic E-state index is 0.184. The van der Waals surface area contributed by atoms with E-state index in [9.17, 15) is 4.79 Å². The number of aryl methyl sites for hydroxylation is 2. The number of carbonyl (C=O) groups is 1. The molecule has 0 atom stereocenters. The second kappa shape index (κ2) is 7.05. The van der Waals surface area contributed by atoms with Gasteiger partial charge in [-0.2, -0.15) is 0 Å². The van der Waals surface area contributed by atoms with Crippen molar-refractivity contribution in [1.29, 1.82) is 0 Å². The molecule has 0 bridgehead atoms. The van der Waals surface area contributed by atoms with Crippen molar-refractivity contribution >= 4 is 29.2 Å². The fourth-order valence-electron chi connectivity index (χ4n) is 1.63. The summed E-state index contributed by atoms with van der Waals surface area (Å²) in [6.07, 6.45) is 0. The average molecular weight is 303 g/mol. The Kier molecular flexibility index (Phi) is 5.13. The van der Waals surface area contributed by atoms with Crippen molar-refractivity contribution in [2.75, 3.05) is 11.1 Å². The van der Waals surface area contributed by atoms with Crippen LogP contribution in [0, 0.1) is 13.8 Å². The number of hydrazine groups is 1. The summed E-state index contributed by atoms with van der Waals surface area (Å²) in [7, 11) is 0. The van der Waals surface area contributed by atoms with Gasteiger partial charge in [-0.3, -0.25) is 10.2 Å². The highest BCUT2D eigenvalue weighted by Gasteiger charge is 2.06. The molecule has 0 saturated heterocycles. The van der Waals surface area contributed by atoms with Crippen LogP contribution in [0.4, 0.5) is 11.5 Å². The molecule has 0 fully saturated rings. The lowest BCUT2D eigenvalue weighted by atomic mass is 10.2. The van der Waals surface area contributed by atoms with E-state index >= 15 is 0 Å². The summed E-state index contributed by atoms with van der Waals surface area (Å²) in [5.74, 6) is 5.66. The highest BCUT2D eigenvalue weighted by Crippen LogP contribution is 2.20. The number of nitrogens with zero attached hydrogens (tertiary/aromatic N) is 2. The lowest BCUT2D eigenvalue weighted by molar-refractivity contribution is -0.118. The van der Waals surface area contributed by atoms with Gasteiger partial charge in [0.05, 0.1) is 5.75 Å². The number of rotatable bonds is 5. The number of benzene rings is 1.